The zero-order chi connectivity index (χ0) is 19.8. The molecule has 7 heteroatoms. The van der Waals surface area contributed by atoms with Crippen LogP contribution in [-0.4, -0.2) is 17.4 Å². The highest BCUT2D eigenvalue weighted by molar-refractivity contribution is 9.10. The van der Waals surface area contributed by atoms with Crippen molar-refractivity contribution in [2.24, 2.45) is 0 Å². The van der Waals surface area contributed by atoms with E-state index in [0.29, 0.717) is 21.2 Å². The minimum Gasteiger partial charge on any atom is -0.347 e. The molecule has 1 aromatic heterocycles. The Kier molecular flexibility index (Phi) is 5.60. The van der Waals surface area contributed by atoms with Gasteiger partial charge in [0.2, 0.25) is 0 Å². The summed E-state index contributed by atoms with van der Waals surface area (Å²) in [6.45, 7) is 5.74. The molecule has 0 aliphatic heterocycles. The van der Waals surface area contributed by atoms with Gasteiger partial charge < -0.3 is 10.6 Å². The molecule has 3 aromatic rings. The van der Waals surface area contributed by atoms with Crippen LogP contribution in [0.1, 0.15) is 40.8 Å². The highest BCUT2D eigenvalue weighted by Crippen LogP contribution is 2.39. The molecule has 2 N–H and O–H groups in total. The smallest absolute Gasteiger partial charge is 0.263 e. The van der Waals surface area contributed by atoms with Crippen molar-refractivity contribution in [1.29, 1.82) is 0 Å². The Morgan fingerprint density at radius 3 is 2.44 bits per heavy atom. The Labute approximate surface area is 175 Å². The number of hydrogen-bond donors (Lipinski definition) is 2. The van der Waals surface area contributed by atoms with E-state index >= 15 is 0 Å². The molecule has 1 heterocycles. The molecule has 0 bridgehead atoms. The number of nitrogens with one attached hydrogen (secondary N) is 2. The number of rotatable bonds is 3. The summed E-state index contributed by atoms with van der Waals surface area (Å²) >= 11 is 11.1. The Morgan fingerprint density at radius 1 is 1.07 bits per heavy atom. The maximum absolute atomic E-state index is 12.6. The van der Waals surface area contributed by atoms with E-state index in [1.165, 1.54) is 11.3 Å². The average Bonchev–Trinajstić information content (AvgIpc) is 2.92. The van der Waals surface area contributed by atoms with E-state index in [1.807, 2.05) is 39.0 Å². The lowest BCUT2D eigenvalue weighted by molar-refractivity contribution is 0.0923. The fraction of sp³-hybridized carbons (Fsp3) is 0.200. The van der Waals surface area contributed by atoms with Crippen molar-refractivity contribution in [1.82, 2.24) is 5.32 Å². The molecule has 0 spiro atoms. The second-order valence-corrected chi connectivity index (χ2v) is 9.41. The normalized spacial score (nSPS) is 11.4. The average molecular weight is 466 g/mol. The maximum Gasteiger partial charge on any atom is 0.263 e. The minimum absolute atomic E-state index is 0.224. The highest BCUT2D eigenvalue weighted by atomic mass is 79.9. The molecule has 140 valence electrons. The Bertz CT molecular complexity index is 1040. The summed E-state index contributed by atoms with van der Waals surface area (Å²) in [7, 11) is 0. The molecule has 0 aliphatic rings. The van der Waals surface area contributed by atoms with Gasteiger partial charge in [-0.1, -0.05) is 45.7 Å². The van der Waals surface area contributed by atoms with Crippen molar-refractivity contribution in [3.63, 3.8) is 0 Å². The Balaban J connectivity index is 1.97. The summed E-state index contributed by atoms with van der Waals surface area (Å²) in [4.78, 5) is 25.6. The molecule has 0 aliphatic carbocycles. The third kappa shape index (κ3) is 4.51. The van der Waals surface area contributed by atoms with Gasteiger partial charge in [0.1, 0.15) is 4.88 Å². The number of fused-ring (bicyclic) bond motifs is 1. The van der Waals surface area contributed by atoms with Gasteiger partial charge in [0.25, 0.3) is 11.8 Å². The second-order valence-electron chi connectivity index (χ2n) is 7.10. The fourth-order valence-corrected chi connectivity index (χ4v) is 4.43. The summed E-state index contributed by atoms with van der Waals surface area (Å²) in [5.41, 5.74) is 0.794. The molecule has 0 radical (unpaired) electrons. The number of benzene rings is 2. The van der Waals surface area contributed by atoms with Crippen molar-refractivity contribution in [2.75, 3.05) is 5.32 Å². The molecule has 0 fully saturated rings. The molecular formula is C20H18BrClN2O2S. The van der Waals surface area contributed by atoms with Gasteiger partial charge in [-0.25, -0.2) is 0 Å². The van der Waals surface area contributed by atoms with Crippen LogP contribution in [0.2, 0.25) is 5.02 Å². The van der Waals surface area contributed by atoms with Gasteiger partial charge in [-0.2, -0.15) is 0 Å². The zero-order valence-electron chi connectivity index (χ0n) is 15.0. The molecule has 3 rings (SSSR count). The van der Waals surface area contributed by atoms with Crippen molar-refractivity contribution in [3.8, 4) is 0 Å². The number of hydrogen-bond acceptors (Lipinski definition) is 3. The molecule has 2 aromatic carbocycles. The fourth-order valence-electron chi connectivity index (χ4n) is 2.56. The molecule has 2 amide bonds. The van der Waals surface area contributed by atoms with Crippen LogP contribution in [0.5, 0.6) is 0 Å². The quantitative estimate of drug-likeness (QED) is 0.491. The van der Waals surface area contributed by atoms with Crippen LogP contribution in [0.25, 0.3) is 10.1 Å². The van der Waals surface area contributed by atoms with Gasteiger partial charge in [-0.15, -0.1) is 11.3 Å². The van der Waals surface area contributed by atoms with Gasteiger partial charge in [0.15, 0.2) is 0 Å². The third-order valence-corrected chi connectivity index (χ3v) is 5.92. The van der Waals surface area contributed by atoms with E-state index in [1.54, 1.807) is 24.3 Å². The topological polar surface area (TPSA) is 58.2 Å². The van der Waals surface area contributed by atoms with E-state index in [4.69, 9.17) is 11.6 Å². The first-order valence-corrected chi connectivity index (χ1v) is 10.2. The van der Waals surface area contributed by atoms with Gasteiger partial charge in [-0.3, -0.25) is 9.59 Å². The van der Waals surface area contributed by atoms with Crippen LogP contribution in [-0.2, 0) is 0 Å². The first kappa shape index (κ1) is 19.9. The van der Waals surface area contributed by atoms with Crippen LogP contribution in [0.4, 0.5) is 5.69 Å². The van der Waals surface area contributed by atoms with Gasteiger partial charge in [-0.05, 0) is 45.0 Å². The van der Waals surface area contributed by atoms with E-state index < -0.39 is 0 Å². The van der Waals surface area contributed by atoms with E-state index in [0.717, 1.165) is 14.6 Å². The number of amides is 2. The number of halogens is 2. The van der Waals surface area contributed by atoms with E-state index in [9.17, 15) is 9.59 Å². The summed E-state index contributed by atoms with van der Waals surface area (Å²) in [5, 5.41) is 6.98. The molecule has 0 atom stereocenters. The van der Waals surface area contributed by atoms with E-state index in [2.05, 4.69) is 26.6 Å². The largest absolute Gasteiger partial charge is 0.347 e. The lowest BCUT2D eigenvalue weighted by atomic mass is 10.1. The third-order valence-electron chi connectivity index (χ3n) is 3.68. The highest BCUT2D eigenvalue weighted by Gasteiger charge is 2.22. The van der Waals surface area contributed by atoms with E-state index in [-0.39, 0.29) is 17.4 Å². The summed E-state index contributed by atoms with van der Waals surface area (Å²) in [5.74, 6) is -0.452. The Morgan fingerprint density at radius 2 is 1.78 bits per heavy atom. The molecule has 4 nitrogen and oxygen atoms in total. The lowest BCUT2D eigenvalue weighted by Crippen LogP contribution is -2.40. The number of thiophene rings is 1. The van der Waals surface area contributed by atoms with Crippen LogP contribution >= 0.6 is 38.9 Å². The van der Waals surface area contributed by atoms with Crippen LogP contribution in [0, 0.1) is 0 Å². The monoisotopic (exact) mass is 464 g/mol. The standard InChI is InChI=1S/C20H18BrClN2O2S/c1-20(2,3)24-19(26)17-15(22)13-8-5-9-14(16(13)27-17)23-18(25)11-6-4-7-12(21)10-11/h4-10H,1-3H3,(H,23,25)(H,24,26). The van der Waals surface area contributed by atoms with Gasteiger partial charge in [0, 0.05) is 21.0 Å². The zero-order valence-corrected chi connectivity index (χ0v) is 18.2. The number of carbonyl (C=O) groups is 2. The SMILES string of the molecule is CC(C)(C)NC(=O)c1sc2c(NC(=O)c3cccc(Br)c3)cccc2c1Cl. The van der Waals surface area contributed by atoms with Crippen LogP contribution in [0.15, 0.2) is 46.9 Å². The first-order chi connectivity index (χ1) is 12.7. The van der Waals surface area contributed by atoms with Crippen molar-refractivity contribution >= 4 is 66.5 Å². The van der Waals surface area contributed by atoms with Crippen molar-refractivity contribution in [2.45, 2.75) is 26.3 Å². The van der Waals surface area contributed by atoms with Crippen molar-refractivity contribution < 1.29 is 9.59 Å². The predicted octanol–water partition coefficient (Wildman–Crippen LogP) is 6.10. The summed E-state index contributed by atoms with van der Waals surface area (Å²) < 4.78 is 1.60. The molecule has 0 saturated carbocycles. The number of anilines is 1. The Hall–Kier alpha value is -1.89. The molecule has 27 heavy (non-hydrogen) atoms. The van der Waals surface area contributed by atoms with Crippen molar-refractivity contribution in [3.05, 3.63) is 62.4 Å². The number of carbonyl (C=O) groups excluding carboxylic acids is 2. The summed E-state index contributed by atoms with van der Waals surface area (Å²) in [6.07, 6.45) is 0. The predicted molar refractivity (Wildman–Crippen MR) is 116 cm³/mol. The molecular weight excluding hydrogens is 448 g/mol. The van der Waals surface area contributed by atoms with Gasteiger partial charge in [0.05, 0.1) is 15.4 Å². The second kappa shape index (κ2) is 7.62. The maximum atomic E-state index is 12.6. The summed E-state index contributed by atoms with van der Waals surface area (Å²) in [6, 6.07) is 12.6. The van der Waals surface area contributed by atoms with Gasteiger partial charge >= 0.3 is 0 Å². The van der Waals surface area contributed by atoms with Crippen LogP contribution < -0.4 is 10.6 Å². The van der Waals surface area contributed by atoms with Crippen LogP contribution in [0.3, 0.4) is 0 Å². The minimum atomic E-state index is -0.367. The first-order valence-electron chi connectivity index (χ1n) is 8.26. The molecule has 0 unspecified atom stereocenters. The lowest BCUT2D eigenvalue weighted by Gasteiger charge is -2.19. The molecule has 0 saturated heterocycles.